The number of nitrogens with one attached hydrogen (secondary N) is 1. The van der Waals surface area contributed by atoms with Crippen molar-refractivity contribution in [2.45, 2.75) is 19.4 Å². The van der Waals surface area contributed by atoms with Gasteiger partial charge in [-0.15, -0.1) is 0 Å². The Morgan fingerprint density at radius 3 is 2.79 bits per heavy atom. The number of amides is 1. The van der Waals surface area contributed by atoms with Crippen LogP contribution in [-0.4, -0.2) is 37.8 Å². The highest BCUT2D eigenvalue weighted by Gasteiger charge is 2.18. The third kappa shape index (κ3) is 2.99. The molecule has 0 radical (unpaired) electrons. The van der Waals surface area contributed by atoms with E-state index in [-0.39, 0.29) is 12.6 Å². The van der Waals surface area contributed by atoms with E-state index in [4.69, 9.17) is 5.73 Å². The zero-order valence-corrected chi connectivity index (χ0v) is 15.9. The number of benzene rings is 1. The first kappa shape index (κ1) is 18.1. The monoisotopic (exact) mass is 377 g/mol. The Bertz CT molecular complexity index is 1170. The van der Waals surface area contributed by atoms with Crippen molar-refractivity contribution in [3.05, 3.63) is 54.5 Å². The van der Waals surface area contributed by atoms with Gasteiger partial charge < -0.3 is 20.7 Å². The number of aliphatic hydroxyl groups is 1. The molecule has 3 aromatic heterocycles. The van der Waals surface area contributed by atoms with Gasteiger partial charge in [0.05, 0.1) is 29.6 Å². The molecule has 3 heterocycles. The van der Waals surface area contributed by atoms with Crippen LogP contribution >= 0.6 is 0 Å². The van der Waals surface area contributed by atoms with E-state index in [9.17, 15) is 9.90 Å². The first-order valence-electron chi connectivity index (χ1n) is 9.26. The highest BCUT2D eigenvalue weighted by atomic mass is 16.3. The van der Waals surface area contributed by atoms with Crippen LogP contribution in [0, 0.1) is 0 Å². The molecule has 0 aliphatic heterocycles. The Balaban J connectivity index is 1.86. The van der Waals surface area contributed by atoms with Gasteiger partial charge >= 0.3 is 0 Å². The van der Waals surface area contributed by atoms with Crippen molar-refractivity contribution >= 4 is 28.0 Å². The van der Waals surface area contributed by atoms with E-state index < -0.39 is 5.91 Å². The Labute approximate surface area is 162 Å². The van der Waals surface area contributed by atoms with Crippen molar-refractivity contribution in [3.63, 3.8) is 0 Å². The topological polar surface area (TPSA) is 97.6 Å². The van der Waals surface area contributed by atoms with Gasteiger partial charge in [-0.3, -0.25) is 4.79 Å². The summed E-state index contributed by atoms with van der Waals surface area (Å²) in [7, 11) is 2.02. The summed E-state index contributed by atoms with van der Waals surface area (Å²) < 4.78 is 3.81. The molecule has 1 aromatic carbocycles. The molecular formula is C21H23N5O2. The Kier molecular flexibility index (Phi) is 4.52. The van der Waals surface area contributed by atoms with Crippen LogP contribution in [0.25, 0.3) is 27.5 Å². The average molecular weight is 377 g/mol. The average Bonchev–Trinajstić information content (AvgIpc) is 3.29. The van der Waals surface area contributed by atoms with Crippen molar-refractivity contribution in [1.82, 2.24) is 14.2 Å². The molecule has 7 nitrogen and oxygen atoms in total. The molecule has 0 fully saturated rings. The fourth-order valence-electron chi connectivity index (χ4n) is 3.50. The molecule has 0 saturated heterocycles. The quantitative estimate of drug-likeness (QED) is 0.481. The number of hydrogen-bond donors (Lipinski definition) is 3. The zero-order valence-electron chi connectivity index (χ0n) is 15.9. The predicted molar refractivity (Wildman–Crippen MR) is 110 cm³/mol. The zero-order chi connectivity index (χ0) is 19.8. The number of carbonyl (C=O) groups is 1. The summed E-state index contributed by atoms with van der Waals surface area (Å²) in [6.45, 7) is 1.93. The Morgan fingerprint density at radius 1 is 1.25 bits per heavy atom. The van der Waals surface area contributed by atoms with Gasteiger partial charge in [0.25, 0.3) is 5.91 Å². The largest absolute Gasteiger partial charge is 0.394 e. The van der Waals surface area contributed by atoms with Crippen LogP contribution in [0.3, 0.4) is 0 Å². The number of aromatic nitrogens is 3. The lowest BCUT2D eigenvalue weighted by molar-refractivity contribution is 0.100. The van der Waals surface area contributed by atoms with Crippen molar-refractivity contribution in [2.24, 2.45) is 12.8 Å². The number of anilines is 1. The van der Waals surface area contributed by atoms with Crippen LogP contribution in [0.2, 0.25) is 0 Å². The van der Waals surface area contributed by atoms with Crippen LogP contribution in [-0.2, 0) is 7.05 Å². The molecule has 0 saturated carbocycles. The summed E-state index contributed by atoms with van der Waals surface area (Å²) in [6, 6.07) is 10.2. The second kappa shape index (κ2) is 7.01. The van der Waals surface area contributed by atoms with Crippen LogP contribution in [0.5, 0.6) is 0 Å². The van der Waals surface area contributed by atoms with Gasteiger partial charge in [-0.1, -0.05) is 13.0 Å². The molecule has 0 spiro atoms. The smallest absolute Gasteiger partial charge is 0.252 e. The molecule has 4 rings (SSSR count). The molecule has 7 heteroatoms. The maximum Gasteiger partial charge on any atom is 0.252 e. The summed E-state index contributed by atoms with van der Waals surface area (Å²) in [5, 5.41) is 18.3. The molecule has 0 aliphatic carbocycles. The molecule has 1 unspecified atom stereocenters. The standard InChI is InChI=1S/C21H23N5O2/c1-3-16(12-27)24-20-17(21(22)28)10-23-26-11-15(9-19(20)26)13-4-5-18-14(8-13)6-7-25(18)2/h4-11,16,24,27H,3,12H2,1-2H3,(H2,22,28). The first-order chi connectivity index (χ1) is 13.5. The van der Waals surface area contributed by atoms with Crippen LogP contribution < -0.4 is 11.1 Å². The van der Waals surface area contributed by atoms with Gasteiger partial charge in [-0.05, 0) is 36.2 Å². The van der Waals surface area contributed by atoms with Gasteiger partial charge in [0.15, 0.2) is 0 Å². The maximum atomic E-state index is 11.9. The Hall–Kier alpha value is -3.32. The molecule has 4 aromatic rings. The summed E-state index contributed by atoms with van der Waals surface area (Å²) in [5.74, 6) is -0.557. The van der Waals surface area contributed by atoms with Crippen LogP contribution in [0.4, 0.5) is 5.69 Å². The third-order valence-electron chi connectivity index (χ3n) is 5.18. The van der Waals surface area contributed by atoms with E-state index in [1.165, 1.54) is 6.20 Å². The number of hydrogen-bond acceptors (Lipinski definition) is 4. The molecule has 0 bridgehead atoms. The molecule has 0 aliphatic rings. The lowest BCUT2D eigenvalue weighted by Gasteiger charge is -2.18. The number of aliphatic hydroxyl groups excluding tert-OH is 1. The van der Waals surface area contributed by atoms with E-state index in [1.54, 1.807) is 4.52 Å². The lowest BCUT2D eigenvalue weighted by Crippen LogP contribution is -2.25. The molecule has 4 N–H and O–H groups in total. The summed E-state index contributed by atoms with van der Waals surface area (Å²) in [6.07, 6.45) is 6.13. The van der Waals surface area contributed by atoms with Crippen molar-refractivity contribution in [2.75, 3.05) is 11.9 Å². The third-order valence-corrected chi connectivity index (χ3v) is 5.18. The van der Waals surface area contributed by atoms with Gasteiger partial charge in [0, 0.05) is 41.9 Å². The minimum Gasteiger partial charge on any atom is -0.394 e. The van der Waals surface area contributed by atoms with Crippen molar-refractivity contribution in [1.29, 1.82) is 0 Å². The minimum atomic E-state index is -0.557. The number of fused-ring (bicyclic) bond motifs is 2. The van der Waals surface area contributed by atoms with Gasteiger partial charge in [-0.2, -0.15) is 5.10 Å². The SMILES string of the molecule is CCC(CO)Nc1c(C(N)=O)cnn2cc(-c3ccc4c(ccn4C)c3)cc12. The summed E-state index contributed by atoms with van der Waals surface area (Å²) in [5.41, 5.74) is 10.4. The number of carbonyl (C=O) groups excluding carboxylic acids is 1. The maximum absolute atomic E-state index is 11.9. The number of nitrogens with zero attached hydrogens (tertiary/aromatic N) is 3. The first-order valence-corrected chi connectivity index (χ1v) is 9.26. The van der Waals surface area contributed by atoms with E-state index in [2.05, 4.69) is 39.2 Å². The van der Waals surface area contributed by atoms with Crippen LogP contribution in [0.15, 0.2) is 48.9 Å². The Morgan fingerprint density at radius 2 is 2.07 bits per heavy atom. The van der Waals surface area contributed by atoms with E-state index in [0.717, 1.165) is 27.5 Å². The molecular weight excluding hydrogens is 354 g/mol. The van der Waals surface area contributed by atoms with E-state index in [1.807, 2.05) is 32.4 Å². The number of primary amides is 1. The fourth-order valence-corrected chi connectivity index (χ4v) is 3.50. The molecule has 1 amide bonds. The molecule has 1 atom stereocenters. The number of nitrogens with two attached hydrogens (primary N) is 1. The summed E-state index contributed by atoms with van der Waals surface area (Å²) in [4.78, 5) is 11.9. The summed E-state index contributed by atoms with van der Waals surface area (Å²) >= 11 is 0. The van der Waals surface area contributed by atoms with Gasteiger partial charge in [0.2, 0.25) is 0 Å². The fraction of sp³-hybridized carbons (Fsp3) is 0.238. The lowest BCUT2D eigenvalue weighted by atomic mass is 10.1. The number of aryl methyl sites for hydroxylation is 1. The highest BCUT2D eigenvalue weighted by molar-refractivity contribution is 6.02. The highest BCUT2D eigenvalue weighted by Crippen LogP contribution is 2.30. The van der Waals surface area contributed by atoms with Crippen LogP contribution in [0.1, 0.15) is 23.7 Å². The second-order valence-electron chi connectivity index (χ2n) is 6.99. The van der Waals surface area contributed by atoms with Gasteiger partial charge in [-0.25, -0.2) is 4.52 Å². The van der Waals surface area contributed by atoms with E-state index >= 15 is 0 Å². The predicted octanol–water partition coefficient (Wildman–Crippen LogP) is 2.77. The second-order valence-corrected chi connectivity index (χ2v) is 6.99. The van der Waals surface area contributed by atoms with Crippen molar-refractivity contribution in [3.8, 4) is 11.1 Å². The van der Waals surface area contributed by atoms with Gasteiger partial charge in [0.1, 0.15) is 0 Å². The van der Waals surface area contributed by atoms with E-state index in [0.29, 0.717) is 17.7 Å². The molecule has 28 heavy (non-hydrogen) atoms. The minimum absolute atomic E-state index is 0.0403. The van der Waals surface area contributed by atoms with Crippen molar-refractivity contribution < 1.29 is 9.90 Å². The normalized spacial score (nSPS) is 12.5. The number of rotatable bonds is 6. The molecule has 144 valence electrons.